The Morgan fingerprint density at radius 2 is 1.89 bits per heavy atom. The summed E-state index contributed by atoms with van der Waals surface area (Å²) in [6.07, 6.45) is 0.780. The van der Waals surface area contributed by atoms with Crippen LogP contribution in [0.5, 0.6) is 0 Å². The predicted molar refractivity (Wildman–Crippen MR) is 105 cm³/mol. The number of aromatic nitrogens is 3. The van der Waals surface area contributed by atoms with E-state index in [1.807, 2.05) is 55.1 Å². The zero-order valence-electron chi connectivity index (χ0n) is 15.4. The van der Waals surface area contributed by atoms with Gasteiger partial charge in [-0.25, -0.2) is 9.89 Å². The standard InChI is InChI=1S/C18H20N6O2S/c1-4-9-24-17(26)20-21-18(24)27-11-15(25)12(10-19)16-22(2)13-7-5-6-8-14(13)23(16)3/h5-8H,4,9,11H2,1-3H3,(H,20,26). The molecule has 9 heteroatoms. The fourth-order valence-corrected chi connectivity index (χ4v) is 3.94. The average Bonchev–Trinajstić information content (AvgIpc) is 3.14. The summed E-state index contributed by atoms with van der Waals surface area (Å²) in [7, 11) is 3.67. The topological polar surface area (TPSA) is 98.0 Å². The molecule has 27 heavy (non-hydrogen) atoms. The second-order valence-electron chi connectivity index (χ2n) is 6.09. The summed E-state index contributed by atoms with van der Waals surface area (Å²) in [5.74, 6) is 0.276. The predicted octanol–water partition coefficient (Wildman–Crippen LogP) is 1.96. The zero-order valence-corrected chi connectivity index (χ0v) is 16.2. The summed E-state index contributed by atoms with van der Waals surface area (Å²) < 4.78 is 1.50. The Morgan fingerprint density at radius 1 is 1.26 bits per heavy atom. The van der Waals surface area contributed by atoms with Gasteiger partial charge in [0.2, 0.25) is 0 Å². The van der Waals surface area contributed by atoms with Crippen molar-refractivity contribution in [3.05, 3.63) is 46.1 Å². The van der Waals surface area contributed by atoms with E-state index in [1.54, 1.807) is 0 Å². The number of allylic oxidation sites excluding steroid dienone is 1. The fraction of sp³-hybridized carbons (Fsp3) is 0.333. The summed E-state index contributed by atoms with van der Waals surface area (Å²) in [6.45, 7) is 2.49. The highest BCUT2D eigenvalue weighted by molar-refractivity contribution is 7.99. The number of rotatable bonds is 6. The highest BCUT2D eigenvalue weighted by Crippen LogP contribution is 2.40. The van der Waals surface area contributed by atoms with Gasteiger partial charge in [0, 0.05) is 20.6 Å². The Morgan fingerprint density at radius 3 is 2.44 bits per heavy atom. The van der Waals surface area contributed by atoms with E-state index in [2.05, 4.69) is 16.3 Å². The van der Waals surface area contributed by atoms with E-state index in [-0.39, 0.29) is 22.8 Å². The third-order valence-electron chi connectivity index (χ3n) is 4.36. The largest absolute Gasteiger partial charge is 0.343 e. The number of carbonyl (C=O) groups is 1. The van der Waals surface area contributed by atoms with Gasteiger partial charge in [0.25, 0.3) is 0 Å². The first-order valence-corrected chi connectivity index (χ1v) is 9.50. The molecule has 0 aliphatic carbocycles. The molecule has 2 heterocycles. The Hall–Kier alpha value is -2.99. The van der Waals surface area contributed by atoms with Crippen molar-refractivity contribution in [2.75, 3.05) is 29.6 Å². The quantitative estimate of drug-likeness (QED) is 0.462. The molecule has 0 unspecified atom stereocenters. The van der Waals surface area contributed by atoms with Gasteiger partial charge in [-0.2, -0.15) is 5.26 Å². The van der Waals surface area contributed by atoms with Crippen LogP contribution in [-0.4, -0.2) is 40.4 Å². The molecule has 0 atom stereocenters. The van der Waals surface area contributed by atoms with Crippen LogP contribution in [-0.2, 0) is 11.3 Å². The second-order valence-corrected chi connectivity index (χ2v) is 7.03. The van der Waals surface area contributed by atoms with Crippen LogP contribution in [0.3, 0.4) is 0 Å². The zero-order chi connectivity index (χ0) is 19.6. The Balaban J connectivity index is 1.85. The van der Waals surface area contributed by atoms with Gasteiger partial charge >= 0.3 is 5.69 Å². The van der Waals surface area contributed by atoms with Crippen LogP contribution in [0.25, 0.3) is 0 Å². The van der Waals surface area contributed by atoms with Crippen LogP contribution in [0.15, 0.2) is 45.6 Å². The lowest BCUT2D eigenvalue weighted by molar-refractivity contribution is -0.112. The monoisotopic (exact) mass is 384 g/mol. The van der Waals surface area contributed by atoms with E-state index in [0.29, 0.717) is 17.5 Å². The molecule has 1 aliphatic rings. The summed E-state index contributed by atoms with van der Waals surface area (Å²) in [5.41, 5.74) is 1.67. The molecule has 0 fully saturated rings. The lowest BCUT2D eigenvalue weighted by Crippen LogP contribution is -2.26. The van der Waals surface area contributed by atoms with E-state index in [1.165, 1.54) is 4.57 Å². The summed E-state index contributed by atoms with van der Waals surface area (Å²) >= 11 is 1.15. The van der Waals surface area contributed by atoms with Crippen LogP contribution in [0, 0.1) is 11.3 Å². The van der Waals surface area contributed by atoms with Crippen LogP contribution in [0.2, 0.25) is 0 Å². The number of nitrogens with zero attached hydrogens (tertiary/aromatic N) is 5. The number of aromatic amines is 1. The van der Waals surface area contributed by atoms with Crippen molar-refractivity contribution < 1.29 is 4.79 Å². The van der Waals surface area contributed by atoms with Gasteiger partial charge in [-0.1, -0.05) is 30.8 Å². The summed E-state index contributed by atoms with van der Waals surface area (Å²) in [4.78, 5) is 28.2. The molecule has 0 amide bonds. The number of H-pyrrole nitrogens is 1. The maximum absolute atomic E-state index is 12.8. The number of hydrogen-bond acceptors (Lipinski definition) is 7. The number of hydrogen-bond donors (Lipinski definition) is 1. The van der Waals surface area contributed by atoms with E-state index in [9.17, 15) is 14.9 Å². The van der Waals surface area contributed by atoms with E-state index in [4.69, 9.17) is 0 Å². The molecule has 0 radical (unpaired) electrons. The van der Waals surface area contributed by atoms with Gasteiger partial charge in [0.15, 0.2) is 10.9 Å². The van der Waals surface area contributed by atoms with Gasteiger partial charge in [-0.3, -0.25) is 9.36 Å². The third kappa shape index (κ3) is 3.36. The Labute approximate surface area is 161 Å². The molecule has 8 nitrogen and oxygen atoms in total. The minimum atomic E-state index is -0.303. The number of anilines is 2. The highest BCUT2D eigenvalue weighted by Gasteiger charge is 2.31. The van der Waals surface area contributed by atoms with Crippen molar-refractivity contribution in [2.45, 2.75) is 25.0 Å². The first kappa shape index (κ1) is 18.8. The number of nitrogens with one attached hydrogen (secondary N) is 1. The molecule has 140 valence electrons. The fourth-order valence-electron chi connectivity index (χ4n) is 3.09. The number of thioether (sulfide) groups is 1. The normalized spacial score (nSPS) is 12.9. The van der Waals surface area contributed by atoms with Crippen LogP contribution >= 0.6 is 11.8 Å². The van der Waals surface area contributed by atoms with Crippen molar-refractivity contribution in [3.63, 3.8) is 0 Å². The average molecular weight is 384 g/mol. The second kappa shape index (κ2) is 7.72. The number of carbonyl (C=O) groups excluding carboxylic acids is 1. The van der Waals surface area contributed by atoms with Crippen molar-refractivity contribution in [1.29, 1.82) is 5.26 Å². The molecular formula is C18H20N6O2S. The molecule has 0 saturated heterocycles. The lowest BCUT2D eigenvalue weighted by atomic mass is 10.2. The highest BCUT2D eigenvalue weighted by atomic mass is 32.2. The molecule has 1 N–H and O–H groups in total. The minimum Gasteiger partial charge on any atom is -0.328 e. The van der Waals surface area contributed by atoms with Gasteiger partial charge < -0.3 is 9.80 Å². The molecule has 1 aliphatic heterocycles. The molecular weight excluding hydrogens is 364 g/mol. The van der Waals surface area contributed by atoms with Crippen molar-refractivity contribution in [2.24, 2.45) is 0 Å². The maximum Gasteiger partial charge on any atom is 0.343 e. The summed E-state index contributed by atoms with van der Waals surface area (Å²) in [5, 5.41) is 16.5. The van der Waals surface area contributed by atoms with Gasteiger partial charge in [-0.15, -0.1) is 5.10 Å². The number of Topliss-reactive ketones (excluding diaryl/α,β-unsaturated/α-hetero) is 1. The van der Waals surface area contributed by atoms with Crippen LogP contribution in [0.4, 0.5) is 11.4 Å². The maximum atomic E-state index is 12.8. The molecule has 1 aromatic heterocycles. The number of benzene rings is 1. The van der Waals surface area contributed by atoms with Crippen LogP contribution < -0.4 is 15.5 Å². The number of para-hydroxylation sites is 2. The minimum absolute atomic E-state index is 0.0262. The lowest BCUT2D eigenvalue weighted by Gasteiger charge is -2.19. The number of fused-ring (bicyclic) bond motifs is 1. The third-order valence-corrected chi connectivity index (χ3v) is 5.33. The molecule has 0 bridgehead atoms. The van der Waals surface area contributed by atoms with E-state index >= 15 is 0 Å². The molecule has 0 spiro atoms. The molecule has 3 rings (SSSR count). The van der Waals surface area contributed by atoms with Crippen molar-refractivity contribution in [1.82, 2.24) is 14.8 Å². The number of ketones is 1. The molecule has 0 saturated carbocycles. The van der Waals surface area contributed by atoms with Crippen molar-refractivity contribution in [3.8, 4) is 6.07 Å². The molecule has 1 aromatic carbocycles. The first-order chi connectivity index (χ1) is 13.0. The van der Waals surface area contributed by atoms with Gasteiger partial charge in [-0.05, 0) is 18.6 Å². The Bertz CT molecular complexity index is 969. The van der Waals surface area contributed by atoms with E-state index < -0.39 is 0 Å². The van der Waals surface area contributed by atoms with Gasteiger partial charge in [0.1, 0.15) is 17.5 Å². The van der Waals surface area contributed by atoms with Crippen LogP contribution in [0.1, 0.15) is 13.3 Å². The van der Waals surface area contributed by atoms with Crippen molar-refractivity contribution >= 4 is 28.9 Å². The van der Waals surface area contributed by atoms with Gasteiger partial charge in [0.05, 0.1) is 17.1 Å². The van der Waals surface area contributed by atoms with E-state index in [0.717, 1.165) is 29.6 Å². The molecule has 2 aromatic rings. The SMILES string of the molecule is CCCn1c(SCC(=O)C(C#N)=C2N(C)c3ccccc3N2C)n[nH]c1=O. The number of nitriles is 1. The smallest absolute Gasteiger partial charge is 0.328 e. The Kier molecular flexibility index (Phi) is 5.37. The first-order valence-electron chi connectivity index (χ1n) is 8.51. The summed E-state index contributed by atoms with van der Waals surface area (Å²) in [6, 6.07) is 9.78.